The molecule has 166 valence electrons. The minimum atomic E-state index is 0.560. The molecule has 4 heteroatoms. The Morgan fingerprint density at radius 2 is 1.72 bits per heavy atom. The van der Waals surface area contributed by atoms with Crippen LogP contribution in [0.2, 0.25) is 0 Å². The van der Waals surface area contributed by atoms with Crippen molar-refractivity contribution in [3.63, 3.8) is 0 Å². The largest absolute Gasteiger partial charge is 0.497 e. The SMILES string of the molecule is COc1ccc(CCCN2CCCC2CN2c3ccccc3COc3ccccc32)cc1. The number of likely N-dealkylation sites (tertiary alicyclic amines) is 1. The standard InChI is InChI=1S/C28H32N2O2/c1-31-25-16-14-22(15-17-25)8-6-18-29-19-7-10-24(29)20-30-26-11-3-2-9-23(26)21-32-28-13-5-4-12-27(28)30/h2-5,9,11-17,24H,6-8,10,18-21H2,1H3. The lowest BCUT2D eigenvalue weighted by Gasteiger charge is -2.32. The first-order valence-electron chi connectivity index (χ1n) is 11.8. The summed E-state index contributed by atoms with van der Waals surface area (Å²) < 4.78 is 11.4. The van der Waals surface area contributed by atoms with Gasteiger partial charge in [-0.15, -0.1) is 0 Å². The van der Waals surface area contributed by atoms with Gasteiger partial charge in [-0.25, -0.2) is 0 Å². The molecule has 4 nitrogen and oxygen atoms in total. The Morgan fingerprint density at radius 3 is 2.56 bits per heavy atom. The van der Waals surface area contributed by atoms with Gasteiger partial charge < -0.3 is 14.4 Å². The summed E-state index contributed by atoms with van der Waals surface area (Å²) in [5.74, 6) is 1.91. The van der Waals surface area contributed by atoms with Gasteiger partial charge in [0, 0.05) is 23.8 Å². The second-order valence-electron chi connectivity index (χ2n) is 8.78. The molecule has 0 aliphatic carbocycles. The molecule has 0 saturated carbocycles. The van der Waals surface area contributed by atoms with Crippen molar-refractivity contribution in [2.24, 2.45) is 0 Å². The molecule has 2 aliphatic heterocycles. The maximum atomic E-state index is 6.16. The Labute approximate surface area is 191 Å². The first-order chi connectivity index (χ1) is 15.8. The van der Waals surface area contributed by atoms with E-state index in [1.165, 1.54) is 48.3 Å². The van der Waals surface area contributed by atoms with Crippen LogP contribution < -0.4 is 14.4 Å². The highest BCUT2D eigenvalue weighted by Gasteiger charge is 2.29. The van der Waals surface area contributed by atoms with Crippen LogP contribution in [-0.2, 0) is 13.0 Å². The summed E-state index contributed by atoms with van der Waals surface area (Å²) in [7, 11) is 1.72. The van der Waals surface area contributed by atoms with Gasteiger partial charge in [-0.1, -0.05) is 42.5 Å². The quantitative estimate of drug-likeness (QED) is 0.473. The van der Waals surface area contributed by atoms with E-state index in [1.807, 2.05) is 0 Å². The van der Waals surface area contributed by atoms with E-state index < -0.39 is 0 Å². The fourth-order valence-corrected chi connectivity index (χ4v) is 5.07. The van der Waals surface area contributed by atoms with Crippen LogP contribution >= 0.6 is 0 Å². The Morgan fingerprint density at radius 1 is 0.938 bits per heavy atom. The Kier molecular flexibility index (Phi) is 6.31. The summed E-state index contributed by atoms with van der Waals surface area (Å²) in [4.78, 5) is 5.19. The van der Waals surface area contributed by atoms with Crippen LogP contribution in [0.15, 0.2) is 72.8 Å². The molecule has 3 aromatic rings. The van der Waals surface area contributed by atoms with Gasteiger partial charge in [-0.2, -0.15) is 0 Å². The van der Waals surface area contributed by atoms with E-state index in [0.29, 0.717) is 12.6 Å². The normalized spacial score (nSPS) is 17.9. The monoisotopic (exact) mass is 428 g/mol. The number of anilines is 2. The molecule has 1 unspecified atom stereocenters. The molecule has 2 heterocycles. The third-order valence-corrected chi connectivity index (χ3v) is 6.78. The molecule has 1 saturated heterocycles. The molecule has 0 radical (unpaired) electrons. The van der Waals surface area contributed by atoms with Gasteiger partial charge in [0.1, 0.15) is 18.1 Å². The van der Waals surface area contributed by atoms with Crippen LogP contribution in [0.1, 0.15) is 30.4 Å². The molecule has 5 rings (SSSR count). The highest BCUT2D eigenvalue weighted by Crippen LogP contribution is 2.40. The number of ether oxygens (including phenoxy) is 2. The number of nitrogens with zero attached hydrogens (tertiary/aromatic N) is 2. The van der Waals surface area contributed by atoms with Crippen molar-refractivity contribution < 1.29 is 9.47 Å². The molecule has 3 aromatic carbocycles. The zero-order valence-electron chi connectivity index (χ0n) is 18.9. The summed E-state index contributed by atoms with van der Waals surface area (Å²) in [5.41, 5.74) is 5.10. The van der Waals surface area contributed by atoms with Crippen LogP contribution in [0.5, 0.6) is 11.5 Å². The van der Waals surface area contributed by atoms with E-state index >= 15 is 0 Å². The summed E-state index contributed by atoms with van der Waals surface area (Å²) >= 11 is 0. The molecule has 0 spiro atoms. The summed E-state index contributed by atoms with van der Waals surface area (Å²) in [6.07, 6.45) is 4.82. The van der Waals surface area contributed by atoms with Crippen molar-refractivity contribution >= 4 is 11.4 Å². The van der Waals surface area contributed by atoms with E-state index in [-0.39, 0.29) is 0 Å². The second-order valence-corrected chi connectivity index (χ2v) is 8.78. The van der Waals surface area contributed by atoms with Gasteiger partial charge >= 0.3 is 0 Å². The zero-order valence-corrected chi connectivity index (χ0v) is 18.9. The molecule has 0 amide bonds. The first kappa shape index (κ1) is 20.9. The number of methoxy groups -OCH3 is 1. The summed E-state index contributed by atoms with van der Waals surface area (Å²) in [6.45, 7) is 3.96. The maximum absolute atomic E-state index is 6.16. The molecular weight excluding hydrogens is 396 g/mol. The van der Waals surface area contributed by atoms with Gasteiger partial charge in [0.2, 0.25) is 0 Å². The fourth-order valence-electron chi connectivity index (χ4n) is 5.07. The molecule has 1 atom stereocenters. The van der Waals surface area contributed by atoms with Crippen LogP contribution in [0.25, 0.3) is 0 Å². The maximum Gasteiger partial charge on any atom is 0.143 e. The van der Waals surface area contributed by atoms with Crippen LogP contribution in [-0.4, -0.2) is 37.7 Å². The number of hydrogen-bond acceptors (Lipinski definition) is 4. The predicted molar refractivity (Wildman–Crippen MR) is 130 cm³/mol. The number of benzene rings is 3. The van der Waals surface area contributed by atoms with E-state index in [1.54, 1.807) is 7.11 Å². The average Bonchev–Trinajstić information content (AvgIpc) is 3.22. The van der Waals surface area contributed by atoms with Crippen molar-refractivity contribution in [2.75, 3.05) is 31.6 Å². The van der Waals surface area contributed by atoms with Gasteiger partial charge in [0.25, 0.3) is 0 Å². The summed E-state index contributed by atoms with van der Waals surface area (Å²) in [6, 6.07) is 26.2. The van der Waals surface area contributed by atoms with Crippen LogP contribution in [0.3, 0.4) is 0 Å². The predicted octanol–water partition coefficient (Wildman–Crippen LogP) is 5.82. The third-order valence-electron chi connectivity index (χ3n) is 6.78. The Balaban J connectivity index is 1.28. The lowest BCUT2D eigenvalue weighted by molar-refractivity contribution is 0.255. The lowest BCUT2D eigenvalue weighted by Crippen LogP contribution is -2.39. The molecule has 0 aromatic heterocycles. The number of para-hydroxylation sites is 3. The second kappa shape index (κ2) is 9.66. The van der Waals surface area contributed by atoms with Gasteiger partial charge in [0.15, 0.2) is 0 Å². The van der Waals surface area contributed by atoms with Gasteiger partial charge in [-0.05, 0) is 74.7 Å². The molecule has 0 bridgehead atoms. The molecule has 2 aliphatic rings. The minimum absolute atomic E-state index is 0.560. The zero-order chi connectivity index (χ0) is 21.8. The van der Waals surface area contributed by atoms with Crippen LogP contribution in [0, 0.1) is 0 Å². The average molecular weight is 429 g/mol. The van der Waals surface area contributed by atoms with Crippen molar-refractivity contribution in [1.82, 2.24) is 4.90 Å². The first-order valence-corrected chi connectivity index (χ1v) is 11.8. The molecular formula is C28H32N2O2. The minimum Gasteiger partial charge on any atom is -0.497 e. The fraction of sp³-hybridized carbons (Fsp3) is 0.357. The van der Waals surface area contributed by atoms with E-state index in [9.17, 15) is 0 Å². The number of rotatable bonds is 7. The van der Waals surface area contributed by atoms with Crippen molar-refractivity contribution in [2.45, 2.75) is 38.3 Å². The number of fused-ring (bicyclic) bond motifs is 2. The lowest BCUT2D eigenvalue weighted by atomic mass is 10.1. The summed E-state index contributed by atoms with van der Waals surface area (Å²) in [5, 5.41) is 0. The van der Waals surface area contributed by atoms with Gasteiger partial charge in [-0.3, -0.25) is 4.90 Å². The van der Waals surface area contributed by atoms with Gasteiger partial charge in [0.05, 0.1) is 12.8 Å². The Bertz CT molecular complexity index is 986. The Hall–Kier alpha value is -2.98. The highest BCUT2D eigenvalue weighted by molar-refractivity contribution is 5.72. The van der Waals surface area contributed by atoms with E-state index in [2.05, 4.69) is 82.6 Å². The topological polar surface area (TPSA) is 24.9 Å². The third kappa shape index (κ3) is 4.46. The van der Waals surface area contributed by atoms with E-state index in [4.69, 9.17) is 9.47 Å². The molecule has 0 N–H and O–H groups in total. The number of hydrogen-bond donors (Lipinski definition) is 0. The smallest absolute Gasteiger partial charge is 0.143 e. The van der Waals surface area contributed by atoms with Crippen molar-refractivity contribution in [1.29, 1.82) is 0 Å². The van der Waals surface area contributed by atoms with Crippen molar-refractivity contribution in [3.8, 4) is 11.5 Å². The number of aryl methyl sites for hydroxylation is 1. The van der Waals surface area contributed by atoms with Crippen LogP contribution in [0.4, 0.5) is 11.4 Å². The molecule has 32 heavy (non-hydrogen) atoms. The molecule has 1 fully saturated rings. The highest BCUT2D eigenvalue weighted by atomic mass is 16.5. The van der Waals surface area contributed by atoms with E-state index in [0.717, 1.165) is 31.0 Å². The van der Waals surface area contributed by atoms with Crippen molar-refractivity contribution in [3.05, 3.63) is 83.9 Å².